The molecule has 0 aromatic heterocycles. The summed E-state index contributed by atoms with van der Waals surface area (Å²) in [6, 6.07) is 3.78. The number of para-hydroxylation sites is 1. The molecule has 0 fully saturated rings. The van der Waals surface area contributed by atoms with E-state index in [0.29, 0.717) is 6.07 Å². The lowest BCUT2D eigenvalue weighted by atomic mass is 10.1. The van der Waals surface area contributed by atoms with Crippen LogP contribution in [0.15, 0.2) is 24.3 Å². The van der Waals surface area contributed by atoms with Crippen LogP contribution >= 0.6 is 0 Å². The predicted octanol–water partition coefficient (Wildman–Crippen LogP) is 3.11. The molecule has 0 atom stereocenters. The van der Waals surface area contributed by atoms with E-state index in [1.807, 2.05) is 5.32 Å². The first kappa shape index (κ1) is 13.4. The van der Waals surface area contributed by atoms with Crippen molar-refractivity contribution in [1.82, 2.24) is 0 Å². The summed E-state index contributed by atoms with van der Waals surface area (Å²) >= 11 is 0. The van der Waals surface area contributed by atoms with Gasteiger partial charge in [0.05, 0.1) is 11.3 Å². The zero-order chi connectivity index (χ0) is 13.3. The lowest BCUT2D eigenvalue weighted by Gasteiger charge is -2.22. The number of rotatable bonds is 2. The first-order valence-corrected chi connectivity index (χ1v) is 4.33. The third kappa shape index (κ3) is 2.72. The summed E-state index contributed by atoms with van der Waals surface area (Å²) in [4.78, 5) is 10.6. The van der Waals surface area contributed by atoms with E-state index in [2.05, 4.69) is 6.92 Å². The van der Waals surface area contributed by atoms with E-state index >= 15 is 0 Å². The van der Waals surface area contributed by atoms with Gasteiger partial charge in [0.25, 0.3) is 0 Å². The number of benzene rings is 1. The van der Waals surface area contributed by atoms with Gasteiger partial charge in [-0.2, -0.15) is 22.0 Å². The number of nitrogens with one attached hydrogen (secondary N) is 1. The lowest BCUT2D eigenvalue weighted by Crippen LogP contribution is -2.34. The molecule has 0 spiro atoms. The highest BCUT2D eigenvalue weighted by Gasteiger charge is 2.59. The van der Waals surface area contributed by atoms with Crippen LogP contribution < -0.4 is 5.32 Å². The summed E-state index contributed by atoms with van der Waals surface area (Å²) in [5.41, 5.74) is -1.93. The molecule has 0 bridgehead atoms. The Morgan fingerprint density at radius 2 is 1.65 bits per heavy atom. The first-order valence-electron chi connectivity index (χ1n) is 4.33. The van der Waals surface area contributed by atoms with Crippen LogP contribution in [-0.4, -0.2) is 12.1 Å². The average Bonchev–Trinajstić information content (AvgIpc) is 2.15. The van der Waals surface area contributed by atoms with Gasteiger partial charge < -0.3 is 5.32 Å². The van der Waals surface area contributed by atoms with Crippen molar-refractivity contribution in [3.63, 3.8) is 0 Å². The zero-order valence-corrected chi connectivity index (χ0v) is 8.31. The van der Waals surface area contributed by atoms with Crippen LogP contribution in [0.4, 0.5) is 27.6 Å². The fourth-order valence-corrected chi connectivity index (χ4v) is 1.17. The summed E-state index contributed by atoms with van der Waals surface area (Å²) in [5, 5.41) is 1.82. The lowest BCUT2D eigenvalue weighted by molar-refractivity contribution is -0.289. The van der Waals surface area contributed by atoms with E-state index in [4.69, 9.17) is 0 Å². The van der Waals surface area contributed by atoms with E-state index in [-0.39, 0.29) is 0 Å². The number of amides is 1. The van der Waals surface area contributed by atoms with Crippen LogP contribution in [-0.2, 0) is 10.7 Å². The molecule has 1 aromatic rings. The van der Waals surface area contributed by atoms with Gasteiger partial charge in [-0.3, -0.25) is 4.79 Å². The molecule has 0 heterocycles. The normalized spacial score (nSPS) is 12.4. The van der Waals surface area contributed by atoms with Crippen molar-refractivity contribution in [1.29, 1.82) is 0 Å². The monoisotopic (exact) mass is 252 g/mol. The Bertz CT molecular complexity index is 427. The van der Waals surface area contributed by atoms with E-state index in [1.165, 1.54) is 6.07 Å². The molecule has 17 heavy (non-hydrogen) atoms. The van der Waals surface area contributed by atoms with Gasteiger partial charge in [0.15, 0.2) is 0 Å². The van der Waals surface area contributed by atoms with E-state index in [9.17, 15) is 26.7 Å². The molecule has 1 radical (unpaired) electrons. The Kier molecular flexibility index (Phi) is 3.40. The number of hydrogen-bond donors (Lipinski definition) is 1. The topological polar surface area (TPSA) is 29.1 Å². The average molecular weight is 252 g/mol. The van der Waals surface area contributed by atoms with Gasteiger partial charge in [-0.05, 0) is 6.07 Å². The summed E-state index contributed by atoms with van der Waals surface area (Å²) in [7, 11) is 0. The minimum absolute atomic E-state index is 0.596. The summed E-state index contributed by atoms with van der Waals surface area (Å²) in [6.45, 7) is 2.84. The number of carbonyl (C=O) groups excluding carboxylic acids is 1. The second-order valence-corrected chi connectivity index (χ2v) is 3.17. The molecule has 1 N–H and O–H groups in total. The maximum absolute atomic E-state index is 13.1. The molecular weight excluding hydrogens is 245 g/mol. The van der Waals surface area contributed by atoms with Gasteiger partial charge >= 0.3 is 12.1 Å². The molecular formula is C10H7F5NO. The van der Waals surface area contributed by atoms with Gasteiger partial charge in [0.1, 0.15) is 0 Å². The SMILES string of the molecule is [CH2]C(=O)Nc1ccccc1C(F)(F)C(F)(F)F. The number of halogens is 5. The van der Waals surface area contributed by atoms with Crippen LogP contribution in [0.3, 0.4) is 0 Å². The van der Waals surface area contributed by atoms with Crippen LogP contribution in [0, 0.1) is 6.92 Å². The van der Waals surface area contributed by atoms with E-state index < -0.39 is 29.3 Å². The highest BCUT2D eigenvalue weighted by atomic mass is 19.4. The molecule has 7 heteroatoms. The van der Waals surface area contributed by atoms with Crippen LogP contribution in [0.25, 0.3) is 0 Å². The van der Waals surface area contributed by atoms with Crippen molar-refractivity contribution in [2.24, 2.45) is 0 Å². The second kappa shape index (κ2) is 4.31. The van der Waals surface area contributed by atoms with Crippen LogP contribution in [0.5, 0.6) is 0 Å². The van der Waals surface area contributed by atoms with Gasteiger partial charge in [0.2, 0.25) is 5.91 Å². The van der Waals surface area contributed by atoms with Crippen molar-refractivity contribution in [3.8, 4) is 0 Å². The van der Waals surface area contributed by atoms with E-state index in [1.54, 1.807) is 0 Å². The summed E-state index contributed by atoms with van der Waals surface area (Å²) < 4.78 is 62.6. The fraction of sp³-hybridized carbons (Fsp3) is 0.200. The van der Waals surface area contributed by atoms with Crippen molar-refractivity contribution in [2.45, 2.75) is 12.1 Å². The molecule has 0 aliphatic heterocycles. The Morgan fingerprint density at radius 3 is 2.12 bits per heavy atom. The van der Waals surface area contributed by atoms with Gasteiger partial charge in [0, 0.05) is 6.92 Å². The summed E-state index contributed by atoms with van der Waals surface area (Å²) in [6.07, 6.45) is -5.73. The highest BCUT2D eigenvalue weighted by Crippen LogP contribution is 2.46. The molecule has 0 aliphatic carbocycles. The Hall–Kier alpha value is -1.66. The third-order valence-electron chi connectivity index (χ3n) is 1.90. The summed E-state index contributed by atoms with van der Waals surface area (Å²) in [5.74, 6) is -6.01. The molecule has 0 saturated carbocycles. The molecule has 0 unspecified atom stereocenters. The maximum Gasteiger partial charge on any atom is 0.458 e. The smallest absolute Gasteiger partial charge is 0.326 e. The van der Waals surface area contributed by atoms with Gasteiger partial charge in [-0.25, -0.2) is 0 Å². The van der Waals surface area contributed by atoms with Crippen molar-refractivity contribution in [2.75, 3.05) is 5.32 Å². The molecule has 1 amide bonds. The predicted molar refractivity (Wildman–Crippen MR) is 50.4 cm³/mol. The quantitative estimate of drug-likeness (QED) is 0.805. The van der Waals surface area contributed by atoms with Crippen molar-refractivity contribution in [3.05, 3.63) is 36.8 Å². The largest absolute Gasteiger partial charge is 0.458 e. The first-order chi connectivity index (χ1) is 7.66. The Balaban J connectivity index is 3.26. The third-order valence-corrected chi connectivity index (χ3v) is 1.90. The van der Waals surface area contributed by atoms with E-state index in [0.717, 1.165) is 12.1 Å². The minimum Gasteiger partial charge on any atom is -0.326 e. The Morgan fingerprint density at radius 1 is 1.12 bits per heavy atom. The van der Waals surface area contributed by atoms with Crippen LogP contribution in [0.2, 0.25) is 0 Å². The molecule has 93 valence electrons. The molecule has 0 aliphatic rings. The number of anilines is 1. The fourth-order valence-electron chi connectivity index (χ4n) is 1.17. The highest BCUT2D eigenvalue weighted by molar-refractivity contribution is 5.94. The molecule has 2 nitrogen and oxygen atoms in total. The zero-order valence-electron chi connectivity index (χ0n) is 8.31. The van der Waals surface area contributed by atoms with Crippen molar-refractivity contribution >= 4 is 11.6 Å². The number of hydrogen-bond acceptors (Lipinski definition) is 1. The Labute approximate surface area is 93.4 Å². The number of carbonyl (C=O) groups is 1. The number of alkyl halides is 5. The standard InChI is InChI=1S/C10H7F5NO/c1-6(17)16-8-5-3-2-4-7(8)9(11,12)10(13,14)15/h2-5H,1H2,(H,16,17). The maximum atomic E-state index is 13.1. The van der Waals surface area contributed by atoms with Gasteiger partial charge in [-0.15, -0.1) is 0 Å². The van der Waals surface area contributed by atoms with Crippen molar-refractivity contribution < 1.29 is 26.7 Å². The minimum atomic E-state index is -5.73. The second-order valence-electron chi connectivity index (χ2n) is 3.17. The van der Waals surface area contributed by atoms with Crippen LogP contribution in [0.1, 0.15) is 5.56 Å². The molecule has 0 saturated heterocycles. The molecule has 1 aromatic carbocycles. The molecule has 1 rings (SSSR count). The van der Waals surface area contributed by atoms with Gasteiger partial charge in [-0.1, -0.05) is 18.2 Å².